The maximum Gasteiger partial charge on any atom is 0.306 e. The van der Waals surface area contributed by atoms with Crippen LogP contribution < -0.4 is 0 Å². The average molecular weight is 1120 g/mol. The van der Waals surface area contributed by atoms with Crippen molar-refractivity contribution < 1.29 is 28.6 Å². The third-order valence-corrected chi connectivity index (χ3v) is 15.5. The van der Waals surface area contributed by atoms with E-state index in [0.29, 0.717) is 19.3 Å². The molecule has 0 heterocycles. The lowest BCUT2D eigenvalue weighted by atomic mass is 10.0. The van der Waals surface area contributed by atoms with Gasteiger partial charge in [0.2, 0.25) is 0 Å². The molecule has 464 valence electrons. The molecule has 0 aliphatic rings. The highest BCUT2D eigenvalue weighted by atomic mass is 16.6. The summed E-state index contributed by atoms with van der Waals surface area (Å²) in [4.78, 5) is 38.1. The molecule has 0 bridgehead atoms. The molecule has 80 heavy (non-hydrogen) atoms. The second kappa shape index (κ2) is 68.3. The fourth-order valence-electron chi connectivity index (χ4n) is 10.3. The summed E-state index contributed by atoms with van der Waals surface area (Å²) in [5.41, 5.74) is 0. The van der Waals surface area contributed by atoms with Crippen LogP contribution in [0, 0.1) is 0 Å². The Balaban J connectivity index is 4.00. The zero-order valence-corrected chi connectivity index (χ0v) is 53.3. The molecule has 6 nitrogen and oxygen atoms in total. The van der Waals surface area contributed by atoms with E-state index in [1.807, 2.05) is 0 Å². The first-order valence-corrected chi connectivity index (χ1v) is 34.9. The Kier molecular flexibility index (Phi) is 65.7. The number of allylic oxidation sites excluding steroid dienone is 12. The Morgan fingerprint density at radius 3 is 0.762 bits per heavy atom. The number of esters is 3. The van der Waals surface area contributed by atoms with E-state index in [1.165, 1.54) is 212 Å². The van der Waals surface area contributed by atoms with Crippen LogP contribution in [0.3, 0.4) is 0 Å². The Morgan fingerprint density at radius 1 is 0.263 bits per heavy atom. The number of hydrogen-bond acceptors (Lipinski definition) is 6. The second-order valence-corrected chi connectivity index (χ2v) is 23.4. The van der Waals surface area contributed by atoms with Crippen LogP contribution in [-0.2, 0) is 28.6 Å². The minimum atomic E-state index is -0.786. The van der Waals surface area contributed by atoms with Crippen molar-refractivity contribution in [1.29, 1.82) is 0 Å². The van der Waals surface area contributed by atoms with Gasteiger partial charge in [-0.2, -0.15) is 0 Å². The Hall–Kier alpha value is -3.15. The van der Waals surface area contributed by atoms with Gasteiger partial charge in [-0.1, -0.05) is 344 Å². The molecule has 0 fully saturated rings. The van der Waals surface area contributed by atoms with Crippen molar-refractivity contribution in [2.45, 2.75) is 367 Å². The van der Waals surface area contributed by atoms with E-state index in [-0.39, 0.29) is 31.1 Å². The van der Waals surface area contributed by atoms with Crippen LogP contribution in [0.5, 0.6) is 0 Å². The molecule has 1 unspecified atom stereocenters. The largest absolute Gasteiger partial charge is 0.462 e. The summed E-state index contributed by atoms with van der Waals surface area (Å²) >= 11 is 0. The normalized spacial score (nSPS) is 12.5. The third-order valence-electron chi connectivity index (χ3n) is 15.5. The Labute approximate surface area is 497 Å². The fraction of sp³-hybridized carbons (Fsp3) is 0.797. The van der Waals surface area contributed by atoms with Crippen LogP contribution in [-0.4, -0.2) is 37.2 Å². The maximum atomic E-state index is 12.8. The third kappa shape index (κ3) is 65.7. The van der Waals surface area contributed by atoms with Crippen molar-refractivity contribution in [2.24, 2.45) is 0 Å². The molecule has 0 saturated carbocycles. The van der Waals surface area contributed by atoms with Gasteiger partial charge in [-0.15, -0.1) is 0 Å². The summed E-state index contributed by atoms with van der Waals surface area (Å²) in [6.45, 7) is 6.49. The standard InChI is InChI=1S/C74H132O6/c1-4-7-10-13-16-18-20-22-24-26-28-30-32-33-34-35-36-37-38-39-40-41-43-44-46-48-50-52-54-56-58-61-64-67-73(76)79-70-71(69-78-72(75)66-63-60-15-12-9-6-3)80-74(77)68-65-62-59-57-55-53-51-49-47-45-42-31-29-27-25-23-21-19-17-14-11-8-5-2/h8,11,17,19,23,25,29,31,45,47,51,53,71H,4-7,9-10,12-16,18,20-22,24,26-28,30,32-44,46,48-50,52,54-70H2,1-3H3/b11-8-,19-17-,25-23-,31-29-,47-45-,53-51-. The maximum absolute atomic E-state index is 12.8. The van der Waals surface area contributed by atoms with E-state index in [9.17, 15) is 14.4 Å². The van der Waals surface area contributed by atoms with Crippen LogP contribution in [0.25, 0.3) is 0 Å². The van der Waals surface area contributed by atoms with Crippen molar-refractivity contribution in [3.05, 3.63) is 72.9 Å². The quantitative estimate of drug-likeness (QED) is 0.0261. The van der Waals surface area contributed by atoms with E-state index in [4.69, 9.17) is 14.2 Å². The molecule has 1 atom stereocenters. The smallest absolute Gasteiger partial charge is 0.306 e. The lowest BCUT2D eigenvalue weighted by Gasteiger charge is -2.18. The molecule has 0 saturated heterocycles. The van der Waals surface area contributed by atoms with Gasteiger partial charge in [0.05, 0.1) is 0 Å². The van der Waals surface area contributed by atoms with Gasteiger partial charge in [-0.3, -0.25) is 14.4 Å². The summed E-state index contributed by atoms with van der Waals surface area (Å²) in [5.74, 6) is -0.903. The number of carbonyl (C=O) groups excluding carboxylic acids is 3. The fourth-order valence-corrected chi connectivity index (χ4v) is 10.3. The van der Waals surface area contributed by atoms with E-state index in [2.05, 4.69) is 93.7 Å². The summed E-state index contributed by atoms with van der Waals surface area (Å²) in [6, 6.07) is 0. The molecule has 0 aliphatic heterocycles. The monoisotopic (exact) mass is 1120 g/mol. The summed E-state index contributed by atoms with van der Waals surface area (Å²) in [6.07, 6.45) is 89.9. The van der Waals surface area contributed by atoms with E-state index >= 15 is 0 Å². The Bertz CT molecular complexity index is 1470. The SMILES string of the molecule is CC/C=C\C/C=C\C/C=C\C/C=C\C/C=C\C/C=C\CCCCCCC(=O)OC(COC(=O)CCCCCCCC)COC(=O)CCCCCCCCCCCCCCCCCCCCCCCCCCCCCCCCCCC. The van der Waals surface area contributed by atoms with Crippen molar-refractivity contribution in [3.8, 4) is 0 Å². The summed E-state index contributed by atoms with van der Waals surface area (Å²) in [7, 11) is 0. The number of hydrogen-bond donors (Lipinski definition) is 0. The summed E-state index contributed by atoms with van der Waals surface area (Å²) < 4.78 is 16.8. The molecule has 0 amide bonds. The molecular formula is C74H132O6. The van der Waals surface area contributed by atoms with Crippen LogP contribution in [0.15, 0.2) is 72.9 Å². The summed E-state index contributed by atoms with van der Waals surface area (Å²) in [5, 5.41) is 0. The highest BCUT2D eigenvalue weighted by Crippen LogP contribution is 2.18. The van der Waals surface area contributed by atoms with Gasteiger partial charge in [0, 0.05) is 19.3 Å². The van der Waals surface area contributed by atoms with E-state index < -0.39 is 6.10 Å². The molecule has 0 aromatic heterocycles. The van der Waals surface area contributed by atoms with Crippen LogP contribution >= 0.6 is 0 Å². The molecule has 0 aromatic carbocycles. The van der Waals surface area contributed by atoms with Gasteiger partial charge >= 0.3 is 17.9 Å². The predicted octanol–water partition coefficient (Wildman–Crippen LogP) is 24.1. The molecule has 0 aliphatic carbocycles. The topological polar surface area (TPSA) is 78.9 Å². The zero-order chi connectivity index (χ0) is 57.8. The number of rotatable bonds is 64. The van der Waals surface area contributed by atoms with Crippen LogP contribution in [0.1, 0.15) is 361 Å². The lowest BCUT2D eigenvalue weighted by Crippen LogP contribution is -2.30. The zero-order valence-electron chi connectivity index (χ0n) is 53.3. The van der Waals surface area contributed by atoms with Gasteiger partial charge in [-0.25, -0.2) is 0 Å². The number of ether oxygens (including phenoxy) is 3. The molecule has 0 radical (unpaired) electrons. The van der Waals surface area contributed by atoms with Crippen molar-refractivity contribution in [1.82, 2.24) is 0 Å². The second-order valence-electron chi connectivity index (χ2n) is 23.4. The molecule has 0 N–H and O–H groups in total. The molecule has 0 spiro atoms. The van der Waals surface area contributed by atoms with Crippen molar-refractivity contribution in [2.75, 3.05) is 13.2 Å². The van der Waals surface area contributed by atoms with E-state index in [0.717, 1.165) is 109 Å². The highest BCUT2D eigenvalue weighted by molar-refractivity contribution is 5.71. The van der Waals surface area contributed by atoms with Gasteiger partial charge in [0.1, 0.15) is 13.2 Å². The van der Waals surface area contributed by atoms with Gasteiger partial charge in [0.25, 0.3) is 0 Å². The lowest BCUT2D eigenvalue weighted by molar-refractivity contribution is -0.167. The van der Waals surface area contributed by atoms with Crippen molar-refractivity contribution in [3.63, 3.8) is 0 Å². The average Bonchev–Trinajstić information content (AvgIpc) is 3.46. The minimum Gasteiger partial charge on any atom is -0.462 e. The predicted molar refractivity (Wildman–Crippen MR) is 348 cm³/mol. The minimum absolute atomic E-state index is 0.0829. The van der Waals surface area contributed by atoms with Gasteiger partial charge < -0.3 is 14.2 Å². The molecule has 6 heteroatoms. The van der Waals surface area contributed by atoms with Crippen molar-refractivity contribution >= 4 is 17.9 Å². The van der Waals surface area contributed by atoms with E-state index in [1.54, 1.807) is 0 Å². The molecule has 0 rings (SSSR count). The first-order chi connectivity index (χ1) is 39.5. The first kappa shape index (κ1) is 76.9. The Morgan fingerprint density at radius 2 is 0.487 bits per heavy atom. The van der Waals surface area contributed by atoms with Crippen LogP contribution in [0.4, 0.5) is 0 Å². The van der Waals surface area contributed by atoms with Crippen LogP contribution in [0.2, 0.25) is 0 Å². The van der Waals surface area contributed by atoms with Gasteiger partial charge in [-0.05, 0) is 70.6 Å². The van der Waals surface area contributed by atoms with Gasteiger partial charge in [0.15, 0.2) is 6.10 Å². The number of unbranched alkanes of at least 4 members (excludes halogenated alkanes) is 41. The number of carbonyl (C=O) groups is 3. The highest BCUT2D eigenvalue weighted by Gasteiger charge is 2.19. The first-order valence-electron chi connectivity index (χ1n) is 34.9. The molecular weight excluding hydrogens is 985 g/mol. The molecule has 0 aromatic rings.